The highest BCUT2D eigenvalue weighted by Gasteiger charge is 2.49. The van der Waals surface area contributed by atoms with Gasteiger partial charge in [-0.25, -0.2) is 0 Å². The van der Waals surface area contributed by atoms with Crippen molar-refractivity contribution in [1.82, 2.24) is 0 Å². The Bertz CT molecular complexity index is 3000. The van der Waals surface area contributed by atoms with E-state index in [9.17, 15) is 0 Å². The van der Waals surface area contributed by atoms with Crippen LogP contribution in [0.3, 0.4) is 0 Å². The highest BCUT2D eigenvalue weighted by Crippen LogP contribution is 2.55. The molecule has 5 aromatic carbocycles. The Hall–Kier alpha value is -4.80. The standard InChI is InChI=1S/C60H67BN2S/c1-37-31-49-52-50(32-37)63(47-22-18-17-21-40(47)38-19-15-14-16-20-38)53-41-33-42-45(59(11,12)30-27-56(42,5)6)36-51(41)64-54(53)61(52)46-34-43-44(58(9,10)29-28-57(43,7)8)35-48(46)62(49)39-23-25-60(13,26-24-39)55(2,3)4/h14-25,31-36H,26-30H2,1-13H3/t60-/m0/s1. The average Bonchev–Trinajstić information content (AvgIpc) is 3.62. The molecule has 2 nitrogen and oxygen atoms in total. The Morgan fingerprint density at radius 2 is 1.16 bits per heavy atom. The van der Waals surface area contributed by atoms with E-state index in [1.54, 1.807) is 0 Å². The maximum atomic E-state index is 2.71. The molecule has 0 fully saturated rings. The van der Waals surface area contributed by atoms with Crippen molar-refractivity contribution < 1.29 is 0 Å². The van der Waals surface area contributed by atoms with Crippen molar-refractivity contribution in [1.29, 1.82) is 0 Å². The summed E-state index contributed by atoms with van der Waals surface area (Å²) in [5.74, 6) is 0. The van der Waals surface area contributed by atoms with Crippen LogP contribution in [0.4, 0.5) is 28.4 Å². The van der Waals surface area contributed by atoms with Crippen LogP contribution >= 0.6 is 11.3 Å². The van der Waals surface area contributed by atoms with Crippen LogP contribution in [0.15, 0.2) is 115 Å². The van der Waals surface area contributed by atoms with Crippen LogP contribution in [0.2, 0.25) is 0 Å². The van der Waals surface area contributed by atoms with E-state index in [1.165, 1.54) is 125 Å². The predicted molar refractivity (Wildman–Crippen MR) is 280 cm³/mol. The van der Waals surface area contributed by atoms with Crippen LogP contribution in [0.5, 0.6) is 0 Å². The zero-order valence-corrected chi connectivity index (χ0v) is 41.6. The number of fused-ring (bicyclic) bond motifs is 8. The van der Waals surface area contributed by atoms with Gasteiger partial charge < -0.3 is 9.80 Å². The van der Waals surface area contributed by atoms with Crippen LogP contribution in [-0.4, -0.2) is 6.71 Å². The summed E-state index contributed by atoms with van der Waals surface area (Å²) >= 11 is 2.07. The molecule has 0 unspecified atom stereocenters. The van der Waals surface area contributed by atoms with Gasteiger partial charge in [-0.1, -0.05) is 150 Å². The van der Waals surface area contributed by atoms with Crippen LogP contribution in [0, 0.1) is 17.8 Å². The lowest BCUT2D eigenvalue weighted by Crippen LogP contribution is -2.61. The molecule has 5 aliphatic rings. The van der Waals surface area contributed by atoms with Gasteiger partial charge in [0, 0.05) is 43.2 Å². The van der Waals surface area contributed by atoms with Gasteiger partial charge in [-0.05, 0) is 158 Å². The molecule has 326 valence electrons. The second-order valence-electron chi connectivity index (χ2n) is 24.2. The third-order valence-electron chi connectivity index (χ3n) is 17.3. The summed E-state index contributed by atoms with van der Waals surface area (Å²) in [7, 11) is 0. The number of benzene rings is 5. The summed E-state index contributed by atoms with van der Waals surface area (Å²) in [6.45, 7) is 31.9. The number of aryl methyl sites for hydroxylation is 1. The highest BCUT2D eigenvalue weighted by atomic mass is 32.1. The lowest BCUT2D eigenvalue weighted by atomic mass is 9.35. The van der Waals surface area contributed by atoms with Crippen molar-refractivity contribution in [3.63, 3.8) is 0 Å². The molecule has 6 aromatic rings. The van der Waals surface area contributed by atoms with E-state index in [4.69, 9.17) is 0 Å². The fourth-order valence-corrected chi connectivity index (χ4v) is 13.6. The quantitative estimate of drug-likeness (QED) is 0.163. The number of hydrogen-bond acceptors (Lipinski definition) is 3. The van der Waals surface area contributed by atoms with E-state index in [0.717, 1.165) is 6.42 Å². The zero-order chi connectivity index (χ0) is 45.1. The molecule has 1 aromatic heterocycles. The number of rotatable bonds is 3. The monoisotopic (exact) mass is 859 g/mol. The van der Waals surface area contributed by atoms with Crippen molar-refractivity contribution in [2.45, 2.75) is 144 Å². The Labute approximate surface area is 388 Å². The van der Waals surface area contributed by atoms with Gasteiger partial charge in [0.15, 0.2) is 0 Å². The maximum absolute atomic E-state index is 2.71. The lowest BCUT2D eigenvalue weighted by molar-refractivity contribution is 0.169. The highest BCUT2D eigenvalue weighted by molar-refractivity contribution is 7.33. The van der Waals surface area contributed by atoms with Crippen molar-refractivity contribution in [3.05, 3.63) is 143 Å². The molecule has 0 amide bonds. The van der Waals surface area contributed by atoms with Crippen LogP contribution in [0.1, 0.15) is 143 Å². The molecule has 2 aliphatic heterocycles. The molecule has 1 atom stereocenters. The first-order valence-corrected chi connectivity index (χ1v) is 25.0. The van der Waals surface area contributed by atoms with Gasteiger partial charge in [0.1, 0.15) is 0 Å². The number of anilines is 5. The van der Waals surface area contributed by atoms with Gasteiger partial charge in [-0.3, -0.25) is 0 Å². The largest absolute Gasteiger partial charge is 0.312 e. The van der Waals surface area contributed by atoms with E-state index in [0.29, 0.717) is 0 Å². The Kier molecular flexibility index (Phi) is 8.92. The summed E-state index contributed by atoms with van der Waals surface area (Å²) in [6.07, 6.45) is 13.3. The third-order valence-corrected chi connectivity index (χ3v) is 18.5. The smallest absolute Gasteiger partial charge is 0.264 e. The molecule has 4 heteroatoms. The first-order chi connectivity index (χ1) is 30.1. The predicted octanol–water partition coefficient (Wildman–Crippen LogP) is 15.2. The van der Waals surface area contributed by atoms with Gasteiger partial charge in [0.25, 0.3) is 6.71 Å². The van der Waals surface area contributed by atoms with Gasteiger partial charge in [0.05, 0.1) is 11.4 Å². The van der Waals surface area contributed by atoms with E-state index >= 15 is 0 Å². The number of nitrogens with zero attached hydrogens (tertiary/aromatic N) is 2. The molecule has 64 heavy (non-hydrogen) atoms. The maximum Gasteiger partial charge on any atom is 0.264 e. The molecule has 0 bridgehead atoms. The van der Waals surface area contributed by atoms with E-state index < -0.39 is 0 Å². The number of para-hydroxylation sites is 1. The van der Waals surface area contributed by atoms with Crippen molar-refractivity contribution >= 4 is 72.3 Å². The molecule has 11 rings (SSSR count). The SMILES string of the molecule is Cc1cc2c3c(c1)N(c1ccccc1-c1ccccc1)c1c(sc4cc5c(cc14)C(C)(C)CCC5(C)C)B3c1cc3c(cc1N2C1=CC[C@@](C)(C(C)(C)C)C=C1)C(C)(C)CCC3(C)C. The Morgan fingerprint density at radius 3 is 1.77 bits per heavy atom. The fourth-order valence-electron chi connectivity index (χ4n) is 12.2. The molecule has 0 N–H and O–H groups in total. The lowest BCUT2D eigenvalue weighted by Gasteiger charge is -2.48. The first kappa shape index (κ1) is 41.9. The number of thiophene rings is 1. The minimum absolute atomic E-state index is 0.0672. The van der Waals surface area contributed by atoms with Crippen LogP contribution in [-0.2, 0) is 21.7 Å². The average molecular weight is 859 g/mol. The van der Waals surface area contributed by atoms with Crippen molar-refractivity contribution in [2.75, 3.05) is 9.80 Å². The Morgan fingerprint density at radius 1 is 0.594 bits per heavy atom. The minimum atomic E-state index is 0.0672. The molecule has 0 spiro atoms. The summed E-state index contributed by atoms with van der Waals surface area (Å²) in [4.78, 5) is 5.40. The Balaban J connectivity index is 1.27. The summed E-state index contributed by atoms with van der Waals surface area (Å²) in [6, 6.07) is 35.9. The molecule has 0 saturated carbocycles. The second-order valence-corrected chi connectivity index (χ2v) is 25.3. The van der Waals surface area contributed by atoms with Crippen molar-refractivity contribution in [3.8, 4) is 11.1 Å². The van der Waals surface area contributed by atoms with Gasteiger partial charge in [-0.2, -0.15) is 0 Å². The summed E-state index contributed by atoms with van der Waals surface area (Å²) < 4.78 is 2.88. The third kappa shape index (κ3) is 6.02. The molecule has 0 radical (unpaired) electrons. The van der Waals surface area contributed by atoms with Crippen LogP contribution in [0.25, 0.3) is 21.2 Å². The van der Waals surface area contributed by atoms with E-state index in [2.05, 4.69) is 220 Å². The van der Waals surface area contributed by atoms with E-state index in [-0.39, 0.29) is 39.2 Å². The van der Waals surface area contributed by atoms with E-state index in [1.807, 2.05) is 0 Å². The summed E-state index contributed by atoms with van der Waals surface area (Å²) in [5, 5.41) is 1.39. The van der Waals surface area contributed by atoms with Gasteiger partial charge >= 0.3 is 0 Å². The normalized spacial score (nSPS) is 22.0. The molecular weight excluding hydrogens is 792 g/mol. The molecule has 3 heterocycles. The fraction of sp³-hybridized carbons (Fsp3) is 0.400. The molecular formula is C60H67BN2S. The van der Waals surface area contributed by atoms with Crippen LogP contribution < -0.4 is 25.5 Å². The molecule has 0 saturated heterocycles. The number of hydrogen-bond donors (Lipinski definition) is 0. The second kappa shape index (κ2) is 13.6. The topological polar surface area (TPSA) is 6.48 Å². The summed E-state index contributed by atoms with van der Waals surface area (Å²) in [5.41, 5.74) is 21.2. The van der Waals surface area contributed by atoms with Gasteiger partial charge in [0.2, 0.25) is 0 Å². The molecule has 3 aliphatic carbocycles. The minimum Gasteiger partial charge on any atom is -0.312 e. The number of allylic oxidation sites excluding steroid dienone is 3. The van der Waals surface area contributed by atoms with Gasteiger partial charge in [-0.15, -0.1) is 11.3 Å². The van der Waals surface area contributed by atoms with Crippen molar-refractivity contribution in [2.24, 2.45) is 10.8 Å². The first-order valence-electron chi connectivity index (χ1n) is 24.2. The zero-order valence-electron chi connectivity index (χ0n) is 40.8.